The molecule has 0 aliphatic rings. The van der Waals surface area contributed by atoms with Crippen molar-refractivity contribution in [3.8, 4) is 69.2 Å². The molecule has 6 aromatic heterocycles. The molecule has 0 radical (unpaired) electrons. The first-order chi connectivity index (χ1) is 36.6. The summed E-state index contributed by atoms with van der Waals surface area (Å²) in [4.78, 5) is 16.7. The zero-order chi connectivity index (χ0) is 54.6. The molecule has 8 aromatic rings. The van der Waals surface area contributed by atoms with Crippen molar-refractivity contribution >= 4 is 31.9 Å². The summed E-state index contributed by atoms with van der Waals surface area (Å²) in [7, 11) is 3.25. The van der Waals surface area contributed by atoms with E-state index in [1.807, 2.05) is 0 Å². The van der Waals surface area contributed by atoms with Crippen LogP contribution in [0.15, 0.2) is 109 Å². The van der Waals surface area contributed by atoms with Gasteiger partial charge in [0, 0.05) is 26.4 Å². The first-order valence-electron chi connectivity index (χ1n) is 22.3. The topological polar surface area (TPSA) is 279 Å². The average molecular weight is 1090 g/mol. The number of para-hydroxylation sites is 2. The lowest BCUT2D eigenvalue weighted by Crippen LogP contribution is -2.25. The predicted octanol–water partition coefficient (Wildman–Crippen LogP) is 6.04. The van der Waals surface area contributed by atoms with Gasteiger partial charge in [-0.25, -0.2) is 35.6 Å². The second kappa shape index (κ2) is 24.6. The van der Waals surface area contributed by atoms with Crippen molar-refractivity contribution < 1.29 is 63.5 Å². The number of nitrogens with zero attached hydrogens (tertiary/aromatic N) is 10. The van der Waals surface area contributed by atoms with Crippen molar-refractivity contribution in [1.29, 1.82) is 0 Å². The molecule has 0 bridgehead atoms. The van der Waals surface area contributed by atoms with E-state index in [4.69, 9.17) is 37.9 Å². The predicted molar refractivity (Wildman–Crippen MR) is 271 cm³/mol. The summed E-state index contributed by atoms with van der Waals surface area (Å²) in [5.74, 6) is -0.0399. The molecule has 0 spiro atoms. The minimum Gasteiger partial charge on any atom is -0.494 e. The van der Waals surface area contributed by atoms with E-state index in [-0.39, 0.29) is 34.9 Å². The summed E-state index contributed by atoms with van der Waals surface area (Å²) in [5.41, 5.74) is 1.86. The number of ether oxygens (including phenoxy) is 8. The number of methoxy groups -OCH3 is 8. The number of benzene rings is 2. The Labute approximate surface area is 435 Å². The van der Waals surface area contributed by atoms with Gasteiger partial charge in [0.15, 0.2) is 11.6 Å². The van der Waals surface area contributed by atoms with Crippen molar-refractivity contribution in [2.45, 2.75) is 12.2 Å². The molecule has 2 atom stereocenters. The zero-order valence-electron chi connectivity index (χ0n) is 41.9. The Bertz CT molecular complexity index is 3210. The number of hydrogen-bond acceptors (Lipinski definition) is 20. The number of hydrogen-bond donors (Lipinski definition) is 2. The van der Waals surface area contributed by atoms with Gasteiger partial charge in [0.2, 0.25) is 43.7 Å². The van der Waals surface area contributed by atoms with E-state index < -0.39 is 55.4 Å². The fourth-order valence-corrected chi connectivity index (χ4v) is 9.73. The molecule has 0 aliphatic carbocycles. The van der Waals surface area contributed by atoms with Gasteiger partial charge in [0.25, 0.3) is 0 Å². The van der Waals surface area contributed by atoms with E-state index in [1.165, 1.54) is 90.3 Å². The number of nitrogens with one attached hydrogen (secondary N) is 2. The molecule has 28 heteroatoms. The van der Waals surface area contributed by atoms with Gasteiger partial charge >= 0.3 is 0 Å². The van der Waals surface area contributed by atoms with Crippen LogP contribution in [-0.4, -0.2) is 135 Å². The monoisotopic (exact) mass is 1090 g/mol. The fourth-order valence-electron chi connectivity index (χ4n) is 7.33. The van der Waals surface area contributed by atoms with Crippen LogP contribution in [0, 0.1) is 11.6 Å². The standard InChI is InChI=1S/2C24H25FN6O6S/c2*1-34-18-8-6-9-19(35-2)22(18)31-23(17-7-5-10-21(27-17)37-4)28-29-24(31)30-38(32,33)14-20(36-3)16-12-11-15(25)13-26-16/h2*5-13,20H,14H2,1-4H3,(H,29,30)/t2*20-/m10/s1. The van der Waals surface area contributed by atoms with Crippen LogP contribution in [0.4, 0.5) is 20.7 Å². The molecule has 400 valence electrons. The lowest BCUT2D eigenvalue weighted by molar-refractivity contribution is 0.118. The Balaban J connectivity index is 0.000000221. The van der Waals surface area contributed by atoms with E-state index >= 15 is 0 Å². The molecule has 0 fully saturated rings. The SMILES string of the molecule is COc1cccc(-c2nnc(NS(=O)(=O)C[C@@H](OC)c3ccc(F)cn3)n2-c2c(OC)cccc2OC)n1.COc1cccc(-c2nnc(NS(=O)(=O)C[C@H](OC)c3ccc(F)cn3)n2-c2c(OC)cccc2OC)n1. The van der Waals surface area contributed by atoms with Crippen molar-refractivity contribution in [2.75, 3.05) is 77.8 Å². The zero-order valence-corrected chi connectivity index (χ0v) is 43.5. The Morgan fingerprint density at radius 2 is 0.829 bits per heavy atom. The van der Waals surface area contributed by atoms with Crippen molar-refractivity contribution in [2.24, 2.45) is 0 Å². The van der Waals surface area contributed by atoms with Gasteiger partial charge in [-0.05, 0) is 60.7 Å². The second-order valence-electron chi connectivity index (χ2n) is 15.5. The highest BCUT2D eigenvalue weighted by molar-refractivity contribution is 7.93. The maximum absolute atomic E-state index is 13.3. The third kappa shape index (κ3) is 12.8. The molecule has 8 rings (SSSR count). The molecule has 2 aromatic carbocycles. The molecule has 76 heavy (non-hydrogen) atoms. The van der Waals surface area contributed by atoms with Gasteiger partial charge in [-0.2, -0.15) is 0 Å². The highest BCUT2D eigenvalue weighted by atomic mass is 32.2. The second-order valence-corrected chi connectivity index (χ2v) is 19.1. The molecule has 0 aliphatic heterocycles. The molecule has 2 N–H and O–H groups in total. The summed E-state index contributed by atoms with van der Waals surface area (Å²) < 4.78 is 131. The van der Waals surface area contributed by atoms with E-state index in [9.17, 15) is 25.6 Å². The summed E-state index contributed by atoms with van der Waals surface area (Å²) >= 11 is 0. The Kier molecular flexibility index (Phi) is 17.9. The molecule has 0 unspecified atom stereocenters. The van der Waals surface area contributed by atoms with Crippen LogP contribution in [0.25, 0.3) is 34.4 Å². The summed E-state index contributed by atoms with van der Waals surface area (Å²) in [6, 6.07) is 25.3. The van der Waals surface area contributed by atoms with Crippen LogP contribution in [-0.2, 0) is 29.5 Å². The number of pyridine rings is 4. The molecular formula is C48H50F2N12O12S2. The van der Waals surface area contributed by atoms with Crippen LogP contribution in [0.5, 0.6) is 34.8 Å². The molecule has 24 nitrogen and oxygen atoms in total. The Morgan fingerprint density at radius 1 is 0.474 bits per heavy atom. The first-order valence-corrected chi connectivity index (χ1v) is 25.6. The van der Waals surface area contributed by atoms with Crippen LogP contribution < -0.4 is 37.9 Å². The fraction of sp³-hybridized carbons (Fsp3) is 0.250. The van der Waals surface area contributed by atoms with Gasteiger partial charge in [-0.15, -0.1) is 20.4 Å². The van der Waals surface area contributed by atoms with E-state index in [0.717, 1.165) is 12.4 Å². The molecule has 0 saturated heterocycles. The van der Waals surface area contributed by atoms with Crippen LogP contribution in [0.1, 0.15) is 23.6 Å². The van der Waals surface area contributed by atoms with Crippen molar-refractivity contribution in [1.82, 2.24) is 49.5 Å². The maximum Gasteiger partial charge on any atom is 0.243 e. The minimum atomic E-state index is -4.11. The third-order valence-corrected chi connectivity index (χ3v) is 13.3. The van der Waals surface area contributed by atoms with Gasteiger partial charge in [0.1, 0.15) is 81.1 Å². The number of halogens is 2. The highest BCUT2D eigenvalue weighted by Crippen LogP contribution is 2.39. The number of rotatable bonds is 22. The summed E-state index contributed by atoms with van der Waals surface area (Å²) in [6.07, 6.45) is 0.00767. The summed E-state index contributed by atoms with van der Waals surface area (Å²) in [5, 5.41) is 16.6. The van der Waals surface area contributed by atoms with Gasteiger partial charge < -0.3 is 37.9 Å². The molecule has 0 saturated carbocycles. The Hall–Kier alpha value is -8.60. The molecular weight excluding hydrogens is 1040 g/mol. The molecule has 0 amide bonds. The number of aromatic nitrogens is 10. The average Bonchev–Trinajstić information content (AvgIpc) is 4.05. The third-order valence-electron chi connectivity index (χ3n) is 10.9. The van der Waals surface area contributed by atoms with E-state index in [1.54, 1.807) is 72.8 Å². The van der Waals surface area contributed by atoms with Crippen molar-refractivity contribution in [3.63, 3.8) is 0 Å². The summed E-state index contributed by atoms with van der Waals surface area (Å²) in [6.45, 7) is 0. The normalized spacial score (nSPS) is 12.1. The number of sulfonamides is 2. The Morgan fingerprint density at radius 3 is 1.13 bits per heavy atom. The van der Waals surface area contributed by atoms with E-state index in [2.05, 4.69) is 49.8 Å². The quantitative estimate of drug-likeness (QED) is 0.0782. The van der Waals surface area contributed by atoms with E-state index in [0.29, 0.717) is 57.5 Å². The maximum atomic E-state index is 13.3. The first kappa shape index (κ1) is 55.2. The largest absolute Gasteiger partial charge is 0.494 e. The van der Waals surface area contributed by atoms with Crippen LogP contribution >= 0.6 is 0 Å². The lowest BCUT2D eigenvalue weighted by atomic mass is 10.2. The van der Waals surface area contributed by atoms with Crippen molar-refractivity contribution in [3.05, 3.63) is 132 Å². The van der Waals surface area contributed by atoms with Crippen LogP contribution in [0.2, 0.25) is 0 Å². The van der Waals surface area contributed by atoms with Gasteiger partial charge in [-0.1, -0.05) is 24.3 Å². The van der Waals surface area contributed by atoms with Gasteiger partial charge in [-0.3, -0.25) is 28.5 Å². The lowest BCUT2D eigenvalue weighted by Gasteiger charge is -2.19. The smallest absolute Gasteiger partial charge is 0.243 e. The molecule has 6 heterocycles. The highest BCUT2D eigenvalue weighted by Gasteiger charge is 2.30. The minimum absolute atomic E-state index is 0.158. The van der Waals surface area contributed by atoms with Gasteiger partial charge in [0.05, 0.1) is 66.4 Å². The number of anilines is 2. The van der Waals surface area contributed by atoms with Crippen LogP contribution in [0.3, 0.4) is 0 Å².